The summed E-state index contributed by atoms with van der Waals surface area (Å²) < 4.78 is 26.3. The maximum atomic E-state index is 13.8. The average molecular weight is 584 g/mol. The Morgan fingerprint density at radius 1 is 0.900 bits per heavy atom. The Balaban J connectivity index is 1.88. The molecule has 0 saturated heterocycles. The fourth-order valence-corrected chi connectivity index (χ4v) is 5.55. The van der Waals surface area contributed by atoms with Crippen molar-refractivity contribution in [2.45, 2.75) is 45.7 Å². The van der Waals surface area contributed by atoms with E-state index in [0.717, 1.165) is 17.4 Å². The Hall–Kier alpha value is -3.36. The summed E-state index contributed by atoms with van der Waals surface area (Å²) >= 11 is 6.47. The van der Waals surface area contributed by atoms with E-state index in [1.54, 1.807) is 35.2 Å². The Bertz CT molecular complexity index is 1350. The second-order valence-electron chi connectivity index (χ2n) is 10.2. The van der Waals surface area contributed by atoms with Gasteiger partial charge in [0.2, 0.25) is 21.8 Å². The van der Waals surface area contributed by atoms with Crippen LogP contribution in [0, 0.1) is 5.92 Å². The van der Waals surface area contributed by atoms with Gasteiger partial charge in [0, 0.05) is 37.5 Å². The molecule has 0 radical (unpaired) electrons. The molecule has 1 N–H and O–H groups in total. The third kappa shape index (κ3) is 9.38. The molecule has 1 atom stereocenters. The van der Waals surface area contributed by atoms with Crippen molar-refractivity contribution in [1.82, 2.24) is 10.2 Å². The Morgan fingerprint density at radius 3 is 2.10 bits per heavy atom. The Morgan fingerprint density at radius 2 is 1.50 bits per heavy atom. The smallest absolute Gasteiger partial charge is 0.243 e. The number of rotatable bonds is 14. The lowest BCUT2D eigenvalue weighted by atomic mass is 10.0. The number of para-hydroxylation sites is 1. The number of nitrogens with one attached hydrogen (secondary N) is 1. The third-order valence-electron chi connectivity index (χ3n) is 6.45. The zero-order valence-corrected chi connectivity index (χ0v) is 24.9. The minimum Gasteiger partial charge on any atom is -0.354 e. The largest absolute Gasteiger partial charge is 0.354 e. The molecular formula is C31H38ClN3O4S. The first-order valence-electron chi connectivity index (χ1n) is 13.4. The zero-order valence-electron chi connectivity index (χ0n) is 23.3. The van der Waals surface area contributed by atoms with Crippen molar-refractivity contribution in [2.75, 3.05) is 23.7 Å². The Kier molecular flexibility index (Phi) is 11.6. The van der Waals surface area contributed by atoms with Crippen molar-refractivity contribution in [3.05, 3.63) is 101 Å². The van der Waals surface area contributed by atoms with Crippen LogP contribution >= 0.6 is 11.6 Å². The predicted molar refractivity (Wildman–Crippen MR) is 162 cm³/mol. The number of halogens is 1. The highest BCUT2D eigenvalue weighted by Gasteiger charge is 2.31. The number of sulfonamides is 1. The molecule has 2 amide bonds. The molecule has 7 nitrogen and oxygen atoms in total. The van der Waals surface area contributed by atoms with E-state index in [-0.39, 0.29) is 43.7 Å². The molecule has 3 aromatic rings. The van der Waals surface area contributed by atoms with Crippen molar-refractivity contribution in [1.29, 1.82) is 0 Å². The molecular weight excluding hydrogens is 546 g/mol. The zero-order chi connectivity index (χ0) is 29.1. The first kappa shape index (κ1) is 31.2. The summed E-state index contributed by atoms with van der Waals surface area (Å²) in [6.07, 6.45) is 1.83. The average Bonchev–Trinajstić information content (AvgIpc) is 2.92. The van der Waals surface area contributed by atoms with Gasteiger partial charge in [0.25, 0.3) is 0 Å². The normalized spacial score (nSPS) is 12.1. The lowest BCUT2D eigenvalue weighted by Crippen LogP contribution is -2.51. The minimum atomic E-state index is -3.55. The molecule has 0 aliphatic carbocycles. The van der Waals surface area contributed by atoms with Gasteiger partial charge in [-0.3, -0.25) is 13.9 Å². The standard InChI is InChI=1S/C31H38ClN3O4S/c1-24(2)22-33-31(37)29(21-25-13-6-4-7-14-25)34(23-26-15-10-11-18-28(26)32)30(36)19-12-20-35(40(3,38)39)27-16-8-5-9-17-27/h4-11,13-18,24,29H,12,19-23H2,1-3H3,(H,33,37)/t29-/m0/s1. The van der Waals surface area contributed by atoms with Crippen molar-refractivity contribution in [3.8, 4) is 0 Å². The van der Waals surface area contributed by atoms with Crippen LogP contribution in [0.15, 0.2) is 84.9 Å². The van der Waals surface area contributed by atoms with E-state index in [1.807, 2.05) is 68.4 Å². The SMILES string of the molecule is CC(C)CNC(=O)[C@H](Cc1ccccc1)N(Cc1ccccc1Cl)C(=O)CCCN(c1ccccc1)S(C)(=O)=O. The van der Waals surface area contributed by atoms with Gasteiger partial charge in [0.15, 0.2) is 0 Å². The van der Waals surface area contributed by atoms with Crippen molar-refractivity contribution >= 4 is 39.1 Å². The van der Waals surface area contributed by atoms with Crippen LogP contribution in [0.5, 0.6) is 0 Å². The number of amides is 2. The van der Waals surface area contributed by atoms with Gasteiger partial charge in [-0.15, -0.1) is 0 Å². The highest BCUT2D eigenvalue weighted by Crippen LogP contribution is 2.22. The number of anilines is 1. The predicted octanol–water partition coefficient (Wildman–Crippen LogP) is 5.30. The molecule has 0 saturated carbocycles. The van der Waals surface area contributed by atoms with Crippen molar-refractivity contribution < 1.29 is 18.0 Å². The van der Waals surface area contributed by atoms with Crippen molar-refractivity contribution in [2.24, 2.45) is 5.92 Å². The van der Waals surface area contributed by atoms with Gasteiger partial charge in [-0.25, -0.2) is 8.42 Å². The van der Waals surface area contributed by atoms with E-state index in [9.17, 15) is 18.0 Å². The van der Waals surface area contributed by atoms with Crippen LogP contribution in [0.25, 0.3) is 0 Å². The van der Waals surface area contributed by atoms with Crippen LogP contribution in [0.2, 0.25) is 5.02 Å². The summed E-state index contributed by atoms with van der Waals surface area (Å²) in [6, 6.07) is 24.9. The van der Waals surface area contributed by atoms with E-state index >= 15 is 0 Å². The van der Waals surface area contributed by atoms with Gasteiger partial charge in [-0.2, -0.15) is 0 Å². The highest BCUT2D eigenvalue weighted by molar-refractivity contribution is 7.92. The van der Waals surface area contributed by atoms with Crippen LogP contribution in [-0.4, -0.2) is 50.5 Å². The molecule has 214 valence electrons. The van der Waals surface area contributed by atoms with Crippen LogP contribution in [0.1, 0.15) is 37.8 Å². The number of benzene rings is 3. The molecule has 0 aromatic heterocycles. The number of carbonyl (C=O) groups excluding carboxylic acids is 2. The molecule has 9 heteroatoms. The van der Waals surface area contributed by atoms with E-state index in [4.69, 9.17) is 11.6 Å². The number of hydrogen-bond acceptors (Lipinski definition) is 4. The van der Waals surface area contributed by atoms with Gasteiger partial charge in [0.05, 0.1) is 11.9 Å². The quantitative estimate of drug-likeness (QED) is 0.279. The Labute approximate surface area is 243 Å². The number of carbonyl (C=O) groups is 2. The maximum absolute atomic E-state index is 13.8. The van der Waals surface area contributed by atoms with Gasteiger partial charge < -0.3 is 10.2 Å². The lowest BCUT2D eigenvalue weighted by Gasteiger charge is -2.32. The van der Waals surface area contributed by atoms with E-state index in [2.05, 4.69) is 5.32 Å². The molecule has 0 heterocycles. The molecule has 0 aliphatic heterocycles. The minimum absolute atomic E-state index is 0.0616. The van der Waals surface area contributed by atoms with Gasteiger partial charge in [-0.05, 0) is 41.7 Å². The number of hydrogen-bond donors (Lipinski definition) is 1. The van der Waals surface area contributed by atoms with Gasteiger partial charge in [0.1, 0.15) is 6.04 Å². The monoisotopic (exact) mass is 583 g/mol. The first-order chi connectivity index (χ1) is 19.1. The second kappa shape index (κ2) is 14.9. The van der Waals surface area contributed by atoms with Gasteiger partial charge >= 0.3 is 0 Å². The van der Waals surface area contributed by atoms with Crippen LogP contribution in [0.3, 0.4) is 0 Å². The summed E-state index contributed by atoms with van der Waals surface area (Å²) in [5.41, 5.74) is 2.20. The molecule has 0 bridgehead atoms. The summed E-state index contributed by atoms with van der Waals surface area (Å²) in [5.74, 6) is -0.240. The van der Waals surface area contributed by atoms with E-state index in [0.29, 0.717) is 23.7 Å². The summed E-state index contributed by atoms with van der Waals surface area (Å²) in [4.78, 5) is 29.0. The third-order valence-corrected chi connectivity index (χ3v) is 8.01. The molecule has 3 rings (SSSR count). The molecule has 0 unspecified atom stereocenters. The van der Waals surface area contributed by atoms with Crippen LogP contribution < -0.4 is 9.62 Å². The number of nitrogens with zero attached hydrogens (tertiary/aromatic N) is 2. The first-order valence-corrected chi connectivity index (χ1v) is 15.7. The topological polar surface area (TPSA) is 86.8 Å². The van der Waals surface area contributed by atoms with Crippen LogP contribution in [-0.2, 0) is 32.6 Å². The molecule has 0 aliphatic rings. The molecule has 0 fully saturated rings. The van der Waals surface area contributed by atoms with Crippen LogP contribution in [0.4, 0.5) is 5.69 Å². The molecule has 3 aromatic carbocycles. The maximum Gasteiger partial charge on any atom is 0.243 e. The second-order valence-corrected chi connectivity index (χ2v) is 12.5. The summed E-state index contributed by atoms with van der Waals surface area (Å²) in [5, 5.41) is 3.51. The molecule has 40 heavy (non-hydrogen) atoms. The highest BCUT2D eigenvalue weighted by atomic mass is 35.5. The van der Waals surface area contributed by atoms with E-state index < -0.39 is 16.1 Å². The molecule has 0 spiro atoms. The van der Waals surface area contributed by atoms with E-state index in [1.165, 1.54) is 4.31 Å². The van der Waals surface area contributed by atoms with Gasteiger partial charge in [-0.1, -0.05) is 92.2 Å². The summed E-state index contributed by atoms with van der Waals surface area (Å²) in [6.45, 7) is 4.80. The fraction of sp³-hybridized carbons (Fsp3) is 0.355. The van der Waals surface area contributed by atoms with Crippen molar-refractivity contribution in [3.63, 3.8) is 0 Å². The summed E-state index contributed by atoms with van der Waals surface area (Å²) in [7, 11) is -3.55. The lowest BCUT2D eigenvalue weighted by molar-refractivity contribution is -0.141. The fourth-order valence-electron chi connectivity index (χ4n) is 4.38.